The van der Waals surface area contributed by atoms with Gasteiger partial charge >= 0.3 is 0 Å². The summed E-state index contributed by atoms with van der Waals surface area (Å²) < 4.78 is 0.713. The predicted molar refractivity (Wildman–Crippen MR) is 65.4 cm³/mol. The average molecular weight is 273 g/mol. The molecule has 0 aliphatic rings. The maximum Gasteiger partial charge on any atom is 0.130 e. The molecule has 0 radical (unpaired) electrons. The molecule has 84 valence electrons. The van der Waals surface area contributed by atoms with Crippen LogP contribution in [0.5, 0.6) is 5.75 Å². The zero-order valence-electron chi connectivity index (χ0n) is 9.56. The van der Waals surface area contributed by atoms with Gasteiger partial charge in [0.2, 0.25) is 0 Å². The Kier molecular flexibility index (Phi) is 3.46. The van der Waals surface area contributed by atoms with E-state index in [0.717, 1.165) is 16.7 Å². The minimum Gasteiger partial charge on any atom is -0.507 e. The number of benzene rings is 1. The SMILES string of the molecule is Cc1cc(O)c(Br)c(C)c1C(C)(C)CO. The molecule has 0 aliphatic heterocycles. The van der Waals surface area contributed by atoms with E-state index in [1.807, 2.05) is 27.7 Å². The molecule has 0 atom stereocenters. The van der Waals surface area contributed by atoms with Crippen LogP contribution in [-0.2, 0) is 5.41 Å². The standard InChI is InChI=1S/C12H17BrO2/c1-7-5-9(15)11(13)8(2)10(7)12(3,4)6-14/h5,14-15H,6H2,1-4H3. The molecule has 0 amide bonds. The topological polar surface area (TPSA) is 40.5 Å². The minimum atomic E-state index is -0.287. The monoisotopic (exact) mass is 272 g/mol. The summed E-state index contributed by atoms with van der Waals surface area (Å²) in [6.45, 7) is 7.97. The van der Waals surface area contributed by atoms with Crippen molar-refractivity contribution in [2.24, 2.45) is 0 Å². The number of hydrogen-bond acceptors (Lipinski definition) is 2. The quantitative estimate of drug-likeness (QED) is 0.869. The second-order valence-electron chi connectivity index (χ2n) is 4.57. The van der Waals surface area contributed by atoms with Crippen LogP contribution in [0, 0.1) is 13.8 Å². The van der Waals surface area contributed by atoms with Gasteiger partial charge in [0, 0.05) is 5.41 Å². The van der Waals surface area contributed by atoms with Crippen LogP contribution in [0.1, 0.15) is 30.5 Å². The zero-order chi connectivity index (χ0) is 11.8. The van der Waals surface area contributed by atoms with E-state index >= 15 is 0 Å². The summed E-state index contributed by atoms with van der Waals surface area (Å²) in [5, 5.41) is 19.0. The Bertz CT molecular complexity index is 384. The van der Waals surface area contributed by atoms with E-state index in [0.29, 0.717) is 4.47 Å². The predicted octanol–water partition coefficient (Wildman–Crippen LogP) is 3.04. The van der Waals surface area contributed by atoms with Crippen LogP contribution in [-0.4, -0.2) is 16.8 Å². The molecule has 0 fully saturated rings. The number of halogens is 1. The highest BCUT2D eigenvalue weighted by Gasteiger charge is 2.25. The van der Waals surface area contributed by atoms with E-state index in [9.17, 15) is 10.2 Å². The van der Waals surface area contributed by atoms with Crippen molar-refractivity contribution in [2.75, 3.05) is 6.61 Å². The molecular weight excluding hydrogens is 256 g/mol. The first-order valence-electron chi connectivity index (χ1n) is 4.91. The van der Waals surface area contributed by atoms with Crippen LogP contribution in [0.4, 0.5) is 0 Å². The van der Waals surface area contributed by atoms with Crippen molar-refractivity contribution in [1.29, 1.82) is 0 Å². The van der Waals surface area contributed by atoms with Crippen LogP contribution < -0.4 is 0 Å². The highest BCUT2D eigenvalue weighted by molar-refractivity contribution is 9.10. The fourth-order valence-corrected chi connectivity index (χ4v) is 2.37. The molecule has 3 heteroatoms. The molecule has 0 aliphatic carbocycles. The van der Waals surface area contributed by atoms with E-state index < -0.39 is 0 Å². The Morgan fingerprint density at radius 2 is 1.87 bits per heavy atom. The summed E-state index contributed by atoms with van der Waals surface area (Å²) in [6, 6.07) is 1.73. The van der Waals surface area contributed by atoms with Gasteiger partial charge in [-0.1, -0.05) is 13.8 Å². The van der Waals surface area contributed by atoms with Gasteiger partial charge in [0.15, 0.2) is 0 Å². The third kappa shape index (κ3) is 2.18. The number of rotatable bonds is 2. The second-order valence-corrected chi connectivity index (χ2v) is 5.36. The van der Waals surface area contributed by atoms with Crippen molar-refractivity contribution in [2.45, 2.75) is 33.1 Å². The Balaban J connectivity index is 3.49. The van der Waals surface area contributed by atoms with E-state index in [1.54, 1.807) is 6.07 Å². The molecule has 0 aromatic heterocycles. The van der Waals surface area contributed by atoms with Crippen LogP contribution in [0.3, 0.4) is 0 Å². The normalized spacial score (nSPS) is 11.9. The van der Waals surface area contributed by atoms with Gasteiger partial charge in [-0.05, 0) is 52.5 Å². The van der Waals surface area contributed by atoms with E-state index in [1.165, 1.54) is 0 Å². The summed E-state index contributed by atoms with van der Waals surface area (Å²) >= 11 is 3.35. The zero-order valence-corrected chi connectivity index (χ0v) is 11.1. The first-order valence-corrected chi connectivity index (χ1v) is 5.70. The lowest BCUT2D eigenvalue weighted by Crippen LogP contribution is -2.24. The Labute approximate surface area is 99.1 Å². The van der Waals surface area contributed by atoms with Crippen LogP contribution in [0.2, 0.25) is 0 Å². The van der Waals surface area contributed by atoms with Gasteiger partial charge in [0.1, 0.15) is 5.75 Å². The molecular formula is C12H17BrO2. The highest BCUT2D eigenvalue weighted by atomic mass is 79.9. The Hall–Kier alpha value is -0.540. The molecule has 0 heterocycles. The molecule has 1 aromatic rings. The van der Waals surface area contributed by atoms with Gasteiger partial charge in [-0.2, -0.15) is 0 Å². The lowest BCUT2D eigenvalue weighted by Gasteiger charge is -2.27. The van der Waals surface area contributed by atoms with E-state index in [2.05, 4.69) is 15.9 Å². The van der Waals surface area contributed by atoms with Crippen molar-refractivity contribution >= 4 is 15.9 Å². The molecule has 0 bridgehead atoms. The van der Waals surface area contributed by atoms with Gasteiger partial charge in [-0.25, -0.2) is 0 Å². The van der Waals surface area contributed by atoms with Crippen molar-refractivity contribution in [1.82, 2.24) is 0 Å². The smallest absolute Gasteiger partial charge is 0.130 e. The lowest BCUT2D eigenvalue weighted by molar-refractivity contribution is 0.217. The van der Waals surface area contributed by atoms with Gasteiger partial charge in [0.05, 0.1) is 11.1 Å². The van der Waals surface area contributed by atoms with Crippen LogP contribution in [0.25, 0.3) is 0 Å². The number of aliphatic hydroxyl groups is 1. The summed E-state index contributed by atoms with van der Waals surface area (Å²) in [7, 11) is 0. The molecule has 0 saturated carbocycles. The Morgan fingerprint density at radius 3 is 2.33 bits per heavy atom. The largest absolute Gasteiger partial charge is 0.507 e. The van der Waals surface area contributed by atoms with E-state index in [4.69, 9.17) is 0 Å². The average Bonchev–Trinajstić information content (AvgIpc) is 2.14. The molecule has 1 aromatic carbocycles. The Morgan fingerprint density at radius 1 is 1.33 bits per heavy atom. The first-order chi connectivity index (χ1) is 6.81. The number of aryl methyl sites for hydroxylation is 1. The maximum absolute atomic E-state index is 9.63. The lowest BCUT2D eigenvalue weighted by atomic mass is 9.80. The second kappa shape index (κ2) is 4.14. The van der Waals surface area contributed by atoms with Gasteiger partial charge < -0.3 is 10.2 Å². The molecule has 0 unspecified atom stereocenters. The van der Waals surface area contributed by atoms with Gasteiger partial charge in [-0.3, -0.25) is 0 Å². The third-order valence-corrected chi connectivity index (χ3v) is 3.75. The molecule has 2 N–H and O–H groups in total. The van der Waals surface area contributed by atoms with Crippen molar-refractivity contribution in [3.8, 4) is 5.75 Å². The van der Waals surface area contributed by atoms with Gasteiger partial charge in [-0.15, -0.1) is 0 Å². The summed E-state index contributed by atoms with van der Waals surface area (Å²) in [6.07, 6.45) is 0. The van der Waals surface area contributed by atoms with Crippen LogP contribution in [0.15, 0.2) is 10.5 Å². The van der Waals surface area contributed by atoms with Crippen molar-refractivity contribution in [3.63, 3.8) is 0 Å². The number of phenolic OH excluding ortho intramolecular Hbond substituents is 1. The van der Waals surface area contributed by atoms with E-state index in [-0.39, 0.29) is 17.8 Å². The van der Waals surface area contributed by atoms with Crippen LogP contribution >= 0.6 is 15.9 Å². The fraction of sp³-hybridized carbons (Fsp3) is 0.500. The summed E-state index contributed by atoms with van der Waals surface area (Å²) in [4.78, 5) is 0. The van der Waals surface area contributed by atoms with Crippen molar-refractivity contribution in [3.05, 3.63) is 27.2 Å². The maximum atomic E-state index is 9.63. The summed E-state index contributed by atoms with van der Waals surface area (Å²) in [5.74, 6) is 0.252. The molecule has 0 saturated heterocycles. The highest BCUT2D eigenvalue weighted by Crippen LogP contribution is 2.37. The third-order valence-electron chi connectivity index (χ3n) is 2.75. The number of phenols is 1. The summed E-state index contributed by atoms with van der Waals surface area (Å²) in [5.41, 5.74) is 2.80. The molecule has 1 rings (SSSR count). The van der Waals surface area contributed by atoms with Gasteiger partial charge in [0.25, 0.3) is 0 Å². The number of aliphatic hydroxyl groups excluding tert-OH is 1. The first kappa shape index (κ1) is 12.5. The minimum absolute atomic E-state index is 0.0892. The molecule has 0 spiro atoms. The fourth-order valence-electron chi connectivity index (χ4n) is 2.06. The number of aromatic hydroxyl groups is 1. The number of hydrogen-bond donors (Lipinski definition) is 2. The van der Waals surface area contributed by atoms with Crippen molar-refractivity contribution < 1.29 is 10.2 Å². The molecule has 2 nitrogen and oxygen atoms in total. The molecule has 15 heavy (non-hydrogen) atoms.